The Morgan fingerprint density at radius 3 is 2.18 bits per heavy atom. The number of methoxy groups -OCH3 is 1. The van der Waals surface area contributed by atoms with E-state index in [1.165, 1.54) is 13.3 Å². The van der Waals surface area contributed by atoms with Gasteiger partial charge in [0.2, 0.25) is 4.34 Å². The molecule has 3 rings (SSSR count). The summed E-state index contributed by atoms with van der Waals surface area (Å²) in [6.45, 7) is 7.62. The van der Waals surface area contributed by atoms with Gasteiger partial charge in [-0.15, -0.1) is 11.3 Å². The molecule has 1 saturated carbocycles. The van der Waals surface area contributed by atoms with Gasteiger partial charge in [0.05, 0.1) is 17.6 Å². The van der Waals surface area contributed by atoms with Crippen LogP contribution in [0, 0.1) is 0 Å². The Kier molecular flexibility index (Phi) is 7.15. The van der Waals surface area contributed by atoms with Gasteiger partial charge >= 0.3 is 12.0 Å². The van der Waals surface area contributed by atoms with E-state index in [1.54, 1.807) is 12.1 Å². The summed E-state index contributed by atoms with van der Waals surface area (Å²) in [5.41, 5.74) is 1.13. The van der Waals surface area contributed by atoms with Crippen LogP contribution in [0.1, 0.15) is 85.2 Å². The molecule has 3 N–H and O–H groups in total. The lowest BCUT2D eigenvalue weighted by Crippen LogP contribution is -2.35. The lowest BCUT2D eigenvalue weighted by atomic mass is 9.79. The predicted molar refractivity (Wildman–Crippen MR) is 125 cm³/mol. The molecule has 2 amide bonds. The fourth-order valence-electron chi connectivity index (χ4n) is 3.64. The highest BCUT2D eigenvalue weighted by Gasteiger charge is 2.39. The Labute approximate surface area is 197 Å². The predicted octanol–water partition coefficient (Wildman–Crippen LogP) is 4.06. The van der Waals surface area contributed by atoms with E-state index in [2.05, 4.69) is 10.3 Å². The number of urea groups is 1. The quantitative estimate of drug-likeness (QED) is 0.493. The number of sulfonamides is 1. The number of benzene rings is 1. The molecule has 1 fully saturated rings. The van der Waals surface area contributed by atoms with Crippen molar-refractivity contribution in [3.05, 3.63) is 39.9 Å². The molecular formula is C22H29N3O6S2. The molecule has 0 atom stereocenters. The summed E-state index contributed by atoms with van der Waals surface area (Å²) in [6.07, 6.45) is 3.32. The molecule has 1 aromatic carbocycles. The highest BCUT2D eigenvalue weighted by Crippen LogP contribution is 2.43. The van der Waals surface area contributed by atoms with E-state index >= 15 is 0 Å². The van der Waals surface area contributed by atoms with Gasteiger partial charge in [-0.25, -0.2) is 19.3 Å². The smallest absolute Gasteiger partial charge is 0.337 e. The van der Waals surface area contributed by atoms with Gasteiger partial charge in [-0.05, 0) is 54.4 Å². The Balaban J connectivity index is 1.88. The minimum atomic E-state index is -4.23. The number of aliphatic hydroxyl groups is 1. The summed E-state index contributed by atoms with van der Waals surface area (Å²) < 4.78 is 32.0. The number of hydrogen-bond acceptors (Lipinski definition) is 8. The molecule has 0 radical (unpaired) electrons. The molecule has 0 bridgehead atoms. The Bertz CT molecular complexity index is 1140. The first-order chi connectivity index (χ1) is 15.4. The number of amides is 2. The first-order valence-electron chi connectivity index (χ1n) is 10.7. The number of aromatic nitrogens is 1. The number of hydrogen-bond donors (Lipinski definition) is 3. The number of nitrogens with one attached hydrogen (secondary N) is 2. The minimum absolute atomic E-state index is 0.0660. The van der Waals surface area contributed by atoms with Crippen LogP contribution in [0.4, 0.5) is 10.5 Å². The van der Waals surface area contributed by atoms with Crippen LogP contribution in [0.25, 0.3) is 0 Å². The number of carbonyl (C=O) groups is 2. The van der Waals surface area contributed by atoms with Gasteiger partial charge < -0.3 is 15.2 Å². The van der Waals surface area contributed by atoms with E-state index in [4.69, 9.17) is 4.74 Å². The summed E-state index contributed by atoms with van der Waals surface area (Å²) in [6, 6.07) is 2.33. The summed E-state index contributed by atoms with van der Waals surface area (Å²) in [5, 5.41) is 13.1. The molecule has 11 heteroatoms. The molecule has 9 nitrogen and oxygen atoms in total. The van der Waals surface area contributed by atoms with Crippen LogP contribution in [0.3, 0.4) is 0 Å². The summed E-state index contributed by atoms with van der Waals surface area (Å²) in [4.78, 5) is 29.2. The van der Waals surface area contributed by atoms with E-state index in [0.29, 0.717) is 40.1 Å². The van der Waals surface area contributed by atoms with Crippen molar-refractivity contribution in [1.29, 1.82) is 0 Å². The van der Waals surface area contributed by atoms with Crippen molar-refractivity contribution in [3.63, 3.8) is 0 Å². The van der Waals surface area contributed by atoms with E-state index in [0.717, 1.165) is 17.8 Å². The van der Waals surface area contributed by atoms with Crippen molar-refractivity contribution in [2.75, 3.05) is 12.4 Å². The normalized spacial score (nSPS) is 15.3. The molecule has 33 heavy (non-hydrogen) atoms. The Hall–Kier alpha value is -2.50. The number of thiazole rings is 1. The fraction of sp³-hybridized carbons (Fsp3) is 0.500. The van der Waals surface area contributed by atoms with Gasteiger partial charge in [-0.2, -0.15) is 8.42 Å². The maximum Gasteiger partial charge on any atom is 0.337 e. The zero-order valence-electron chi connectivity index (χ0n) is 19.3. The molecule has 1 aromatic heterocycles. The number of ether oxygens (including phenoxy) is 1. The number of rotatable bonds is 7. The van der Waals surface area contributed by atoms with Crippen molar-refractivity contribution < 1.29 is 27.9 Å². The molecule has 0 aliphatic heterocycles. The molecule has 1 heterocycles. The maximum atomic E-state index is 12.7. The van der Waals surface area contributed by atoms with Gasteiger partial charge in [-0.3, -0.25) is 0 Å². The monoisotopic (exact) mass is 495 g/mol. The van der Waals surface area contributed by atoms with Gasteiger partial charge in [0, 0.05) is 11.9 Å². The second-order valence-electron chi connectivity index (χ2n) is 8.77. The lowest BCUT2D eigenvalue weighted by molar-refractivity contribution is -0.0356. The van der Waals surface area contributed by atoms with E-state index in [1.807, 2.05) is 32.4 Å². The minimum Gasteiger partial charge on any atom is -0.465 e. The number of nitrogens with zero attached hydrogens (tertiary/aromatic N) is 1. The largest absolute Gasteiger partial charge is 0.465 e. The van der Waals surface area contributed by atoms with E-state index < -0.39 is 27.6 Å². The topological polar surface area (TPSA) is 135 Å². The molecule has 0 unspecified atom stereocenters. The zero-order valence-corrected chi connectivity index (χ0v) is 20.9. The van der Waals surface area contributed by atoms with Crippen molar-refractivity contribution in [3.8, 4) is 0 Å². The van der Waals surface area contributed by atoms with Gasteiger partial charge in [0.15, 0.2) is 0 Å². The summed E-state index contributed by atoms with van der Waals surface area (Å²) in [5.74, 6) is -0.627. The van der Waals surface area contributed by atoms with Crippen LogP contribution in [0.15, 0.2) is 22.7 Å². The highest BCUT2D eigenvalue weighted by molar-refractivity contribution is 7.92. The SMILES string of the molecule is COC(=O)c1cc(C(C)C)c(NC(=O)NS(=O)(=O)c2ncc(C3(O)CCC3)s2)c(C(C)C)c1. The second-order valence-corrected chi connectivity index (χ2v) is 11.7. The van der Waals surface area contributed by atoms with Crippen LogP contribution in [0.2, 0.25) is 0 Å². The van der Waals surface area contributed by atoms with E-state index in [-0.39, 0.29) is 16.2 Å². The molecule has 1 aliphatic carbocycles. The molecule has 1 aliphatic rings. The van der Waals surface area contributed by atoms with Crippen LogP contribution in [-0.4, -0.2) is 37.6 Å². The van der Waals surface area contributed by atoms with Gasteiger partial charge in [-0.1, -0.05) is 27.7 Å². The first-order valence-corrected chi connectivity index (χ1v) is 13.0. The van der Waals surface area contributed by atoms with Crippen molar-refractivity contribution in [2.45, 2.75) is 68.7 Å². The number of esters is 1. The van der Waals surface area contributed by atoms with Crippen LogP contribution in [-0.2, 0) is 20.4 Å². The molecule has 2 aromatic rings. The van der Waals surface area contributed by atoms with Crippen LogP contribution >= 0.6 is 11.3 Å². The average molecular weight is 496 g/mol. The summed E-state index contributed by atoms with van der Waals surface area (Å²) in [7, 11) is -2.94. The third-order valence-electron chi connectivity index (χ3n) is 5.68. The van der Waals surface area contributed by atoms with Crippen LogP contribution in [0.5, 0.6) is 0 Å². The van der Waals surface area contributed by atoms with Gasteiger partial charge in [0.25, 0.3) is 10.0 Å². The number of carbonyl (C=O) groups excluding carboxylic acids is 2. The molecule has 0 spiro atoms. The Morgan fingerprint density at radius 1 is 1.15 bits per heavy atom. The molecule has 180 valence electrons. The van der Waals surface area contributed by atoms with Crippen molar-refractivity contribution in [1.82, 2.24) is 9.71 Å². The van der Waals surface area contributed by atoms with Gasteiger partial charge in [0.1, 0.15) is 5.60 Å². The highest BCUT2D eigenvalue weighted by atomic mass is 32.2. The third kappa shape index (κ3) is 5.20. The third-order valence-corrected chi connectivity index (χ3v) is 8.60. The summed E-state index contributed by atoms with van der Waals surface area (Å²) >= 11 is 0.852. The van der Waals surface area contributed by atoms with Crippen LogP contribution < -0.4 is 10.0 Å². The second kappa shape index (κ2) is 9.40. The molecule has 0 saturated heterocycles. The Morgan fingerprint density at radius 2 is 1.73 bits per heavy atom. The maximum absolute atomic E-state index is 12.7. The first kappa shape index (κ1) is 25.1. The van der Waals surface area contributed by atoms with Crippen molar-refractivity contribution >= 4 is 39.0 Å². The lowest BCUT2D eigenvalue weighted by Gasteiger charge is -2.35. The number of anilines is 1. The molecular weight excluding hydrogens is 466 g/mol. The zero-order chi connectivity index (χ0) is 24.6. The van der Waals surface area contributed by atoms with E-state index in [9.17, 15) is 23.1 Å². The standard InChI is InChI=1S/C22H29N3O6S2/c1-12(2)15-9-14(19(26)31-5)10-16(13(3)4)18(15)24-20(27)25-33(29,30)21-23-11-17(32-21)22(28)7-6-8-22/h9-13,28H,6-8H2,1-5H3,(H2,24,25,27). The average Bonchev–Trinajstić information content (AvgIpc) is 3.22. The van der Waals surface area contributed by atoms with Crippen molar-refractivity contribution in [2.24, 2.45) is 0 Å². The fourth-order valence-corrected chi connectivity index (χ4v) is 5.84.